The first-order valence-corrected chi connectivity index (χ1v) is 6.23. The fourth-order valence-corrected chi connectivity index (χ4v) is 1.71. The molecule has 0 unspecified atom stereocenters. The molecule has 1 aliphatic rings. The Morgan fingerprint density at radius 1 is 1.11 bits per heavy atom. The Hall–Kier alpha value is -0.807. The van der Waals surface area contributed by atoms with Crippen LogP contribution in [0.4, 0.5) is 0 Å². The third kappa shape index (κ3) is 7.38. The zero-order valence-electron chi connectivity index (χ0n) is 11.3. The van der Waals surface area contributed by atoms with Crippen LogP contribution >= 0.6 is 0 Å². The molecule has 0 radical (unpaired) electrons. The van der Waals surface area contributed by atoms with Crippen molar-refractivity contribution >= 4 is 5.78 Å². The zero-order chi connectivity index (χ0) is 13.2. The fraction of sp³-hybridized carbons (Fsp3) is 0.462. The second-order valence-electron chi connectivity index (χ2n) is 4.06. The van der Waals surface area contributed by atoms with Crippen molar-refractivity contribution in [1.82, 2.24) is 10.2 Å². The molecule has 0 aromatic carbocycles. The van der Waals surface area contributed by atoms with E-state index in [1.54, 1.807) is 24.4 Å². The Kier molecular flexibility index (Phi) is 10.6. The maximum atomic E-state index is 11.4. The van der Waals surface area contributed by atoms with E-state index in [2.05, 4.69) is 10.2 Å². The van der Waals surface area contributed by atoms with E-state index in [4.69, 9.17) is 11.5 Å². The van der Waals surface area contributed by atoms with Crippen LogP contribution < -0.4 is 16.8 Å². The number of nitrogens with two attached hydrogens (primary N) is 2. The molecule has 0 aliphatic heterocycles. The summed E-state index contributed by atoms with van der Waals surface area (Å²) in [5, 5.41) is 3.14. The van der Waals surface area contributed by atoms with Crippen LogP contribution in [0.5, 0.6) is 0 Å². The number of ketones is 1. The average Bonchev–Trinajstić information content (AvgIpc) is 2.37. The third-order valence-corrected chi connectivity index (χ3v) is 2.64. The number of carbonyl (C=O) groups is 1. The van der Waals surface area contributed by atoms with E-state index < -0.39 is 0 Å². The predicted octanol–water partition coefficient (Wildman–Crippen LogP) is -0.628. The minimum Gasteiger partial charge on any atom is -0.389 e. The van der Waals surface area contributed by atoms with Gasteiger partial charge in [0.15, 0.2) is 5.78 Å². The van der Waals surface area contributed by atoms with Gasteiger partial charge in [-0.2, -0.15) is 0 Å². The first-order valence-electron chi connectivity index (χ1n) is 6.23. The summed E-state index contributed by atoms with van der Waals surface area (Å²) in [6.45, 7) is 4.59. The quantitative estimate of drug-likeness (QED) is 0.316. The van der Waals surface area contributed by atoms with E-state index in [1.807, 2.05) is 6.08 Å². The van der Waals surface area contributed by atoms with Gasteiger partial charge in [0.25, 0.3) is 0 Å². The number of nitrogens with one attached hydrogen (secondary N) is 1. The van der Waals surface area contributed by atoms with Crippen molar-refractivity contribution in [1.29, 1.82) is 0 Å². The van der Waals surface area contributed by atoms with Gasteiger partial charge < -0.3 is 16.8 Å². The van der Waals surface area contributed by atoms with Gasteiger partial charge in [0.2, 0.25) is 0 Å². The molecule has 1 rings (SSSR count). The molecule has 0 atom stereocenters. The minimum atomic E-state index is 0. The molecular formula is C13H22N4OZn. The number of allylic oxidation sites excluding steroid dienone is 5. The topological polar surface area (TPSA) is 84.4 Å². The molecule has 0 saturated heterocycles. The smallest absolute Gasteiger partial charge is 0.187 e. The molecule has 0 spiro atoms. The van der Waals surface area contributed by atoms with Crippen LogP contribution in [-0.4, -0.2) is 50.0 Å². The second kappa shape index (κ2) is 11.1. The molecule has 0 heterocycles. The summed E-state index contributed by atoms with van der Waals surface area (Å²) in [5.41, 5.74) is 11.7. The molecule has 5 nitrogen and oxygen atoms in total. The van der Waals surface area contributed by atoms with Crippen molar-refractivity contribution in [2.45, 2.75) is 0 Å². The molecule has 0 saturated carbocycles. The Morgan fingerprint density at radius 3 is 2.32 bits per heavy atom. The standard InChI is InChI=1S/C13H22N4O.Zn/c14-5-8-17(9-6-15)10-7-16-11-12-3-1-2-4-13(12)18;/h1-4,11,16H,5-10,14-15H2;. The van der Waals surface area contributed by atoms with Crippen molar-refractivity contribution in [3.8, 4) is 0 Å². The summed E-state index contributed by atoms with van der Waals surface area (Å²) in [6, 6.07) is 0. The van der Waals surface area contributed by atoms with Gasteiger partial charge in [-0.15, -0.1) is 0 Å². The molecule has 0 aromatic heterocycles. The van der Waals surface area contributed by atoms with Gasteiger partial charge in [0.05, 0.1) is 0 Å². The van der Waals surface area contributed by atoms with E-state index in [9.17, 15) is 4.79 Å². The summed E-state index contributed by atoms with van der Waals surface area (Å²) in [7, 11) is 0. The van der Waals surface area contributed by atoms with Crippen LogP contribution in [0.3, 0.4) is 0 Å². The van der Waals surface area contributed by atoms with Gasteiger partial charge in [-0.3, -0.25) is 9.69 Å². The van der Waals surface area contributed by atoms with E-state index >= 15 is 0 Å². The summed E-state index contributed by atoms with van der Waals surface area (Å²) in [4.78, 5) is 13.6. The molecule has 102 valence electrons. The normalized spacial score (nSPS) is 15.9. The van der Waals surface area contributed by atoms with Crippen molar-refractivity contribution in [3.05, 3.63) is 36.1 Å². The van der Waals surface area contributed by atoms with Crippen LogP contribution in [-0.2, 0) is 24.3 Å². The third-order valence-electron chi connectivity index (χ3n) is 2.64. The van der Waals surface area contributed by atoms with Gasteiger partial charge >= 0.3 is 0 Å². The number of hydrogen-bond donors (Lipinski definition) is 3. The number of rotatable bonds is 8. The molecule has 0 fully saturated rings. The van der Waals surface area contributed by atoms with Crippen molar-refractivity contribution in [2.24, 2.45) is 11.5 Å². The monoisotopic (exact) mass is 314 g/mol. The van der Waals surface area contributed by atoms with E-state index in [0.29, 0.717) is 18.7 Å². The maximum Gasteiger partial charge on any atom is 0.187 e. The Labute approximate surface area is 127 Å². The number of hydrogen-bond acceptors (Lipinski definition) is 5. The van der Waals surface area contributed by atoms with E-state index in [0.717, 1.165) is 26.2 Å². The van der Waals surface area contributed by atoms with Crippen molar-refractivity contribution < 1.29 is 24.3 Å². The van der Waals surface area contributed by atoms with Gasteiger partial charge in [0.1, 0.15) is 0 Å². The Bertz CT molecular complexity index is 347. The molecule has 0 aromatic rings. The van der Waals surface area contributed by atoms with Crippen LogP contribution in [0.2, 0.25) is 0 Å². The molecule has 19 heavy (non-hydrogen) atoms. The van der Waals surface area contributed by atoms with E-state index in [-0.39, 0.29) is 25.3 Å². The minimum absolute atomic E-state index is 0. The summed E-state index contributed by atoms with van der Waals surface area (Å²) < 4.78 is 0. The summed E-state index contributed by atoms with van der Waals surface area (Å²) in [6.07, 6.45) is 8.70. The average molecular weight is 316 g/mol. The van der Waals surface area contributed by atoms with Crippen LogP contribution in [0.1, 0.15) is 0 Å². The van der Waals surface area contributed by atoms with Crippen LogP contribution in [0.15, 0.2) is 36.1 Å². The van der Waals surface area contributed by atoms with Gasteiger partial charge in [-0.25, -0.2) is 0 Å². The Balaban J connectivity index is 0.00000324. The molecule has 0 bridgehead atoms. The summed E-state index contributed by atoms with van der Waals surface area (Å²) >= 11 is 0. The Morgan fingerprint density at radius 2 is 1.74 bits per heavy atom. The first kappa shape index (κ1) is 18.2. The molecule has 1 aliphatic carbocycles. The zero-order valence-corrected chi connectivity index (χ0v) is 14.3. The van der Waals surface area contributed by atoms with Crippen molar-refractivity contribution in [2.75, 3.05) is 39.3 Å². The van der Waals surface area contributed by atoms with Crippen LogP contribution in [0, 0.1) is 0 Å². The largest absolute Gasteiger partial charge is 0.389 e. The van der Waals surface area contributed by atoms with Crippen LogP contribution in [0.25, 0.3) is 0 Å². The first-order chi connectivity index (χ1) is 8.77. The van der Waals surface area contributed by atoms with Crippen molar-refractivity contribution in [3.63, 3.8) is 0 Å². The molecule has 0 amide bonds. The van der Waals surface area contributed by atoms with Gasteiger partial charge in [0, 0.05) is 70.5 Å². The second-order valence-corrected chi connectivity index (χ2v) is 4.06. The predicted molar refractivity (Wildman–Crippen MR) is 73.9 cm³/mol. The molecule has 5 N–H and O–H groups in total. The molecule has 6 heteroatoms. The summed E-state index contributed by atoms with van der Waals surface area (Å²) in [5.74, 6) is 0.0331. The number of nitrogens with zero attached hydrogens (tertiary/aromatic N) is 1. The SMILES string of the molecule is NCCN(CCN)CCNC=C1C=CC=CC1=O.[Zn]. The van der Waals surface area contributed by atoms with Gasteiger partial charge in [-0.1, -0.05) is 12.2 Å². The fourth-order valence-electron chi connectivity index (χ4n) is 1.71. The van der Waals surface area contributed by atoms with Gasteiger partial charge in [-0.05, 0) is 12.2 Å². The maximum absolute atomic E-state index is 11.4. The van der Waals surface area contributed by atoms with E-state index in [1.165, 1.54) is 0 Å². The number of carbonyl (C=O) groups excluding carboxylic acids is 1. The molecular weight excluding hydrogens is 294 g/mol.